The second-order valence-electron chi connectivity index (χ2n) is 6.12. The third-order valence-corrected chi connectivity index (χ3v) is 6.14. The molecule has 1 aliphatic rings. The number of carbonyl (C=O) groups is 1. The Hall–Kier alpha value is -2.48. The molecule has 1 N–H and O–H groups in total. The Labute approximate surface area is 159 Å². The second-order valence-corrected chi connectivity index (χ2v) is 8.06. The van der Waals surface area contributed by atoms with E-state index < -0.39 is 10.0 Å². The van der Waals surface area contributed by atoms with E-state index in [9.17, 15) is 13.2 Å². The molecule has 1 amide bonds. The van der Waals surface area contributed by atoms with Crippen LogP contribution in [0, 0.1) is 0 Å². The van der Waals surface area contributed by atoms with Gasteiger partial charge >= 0.3 is 0 Å². The first-order chi connectivity index (χ1) is 13.1. The molecule has 0 unspecified atom stereocenters. The van der Waals surface area contributed by atoms with Crippen LogP contribution in [0.4, 0.5) is 0 Å². The van der Waals surface area contributed by atoms with Crippen LogP contribution >= 0.6 is 0 Å². The number of ether oxygens (including phenoxy) is 1. The highest BCUT2D eigenvalue weighted by atomic mass is 32.2. The lowest BCUT2D eigenvalue weighted by molar-refractivity contribution is -0.116. The molecule has 2 aromatic rings. The van der Waals surface area contributed by atoms with Crippen molar-refractivity contribution < 1.29 is 17.9 Å². The highest BCUT2D eigenvalue weighted by Crippen LogP contribution is 2.17. The number of sulfonamides is 1. The number of hydrogen-bond donors (Lipinski definition) is 1. The minimum atomic E-state index is -3.49. The van der Waals surface area contributed by atoms with Crippen LogP contribution in [0.5, 0.6) is 0 Å². The Morgan fingerprint density at radius 3 is 2.37 bits per heavy atom. The number of carbonyl (C=O) groups excluding carboxylic acids is 1. The number of morpholine rings is 1. The molecule has 3 rings (SSSR count). The highest BCUT2D eigenvalue weighted by Gasteiger charge is 2.25. The van der Waals surface area contributed by atoms with Gasteiger partial charge < -0.3 is 10.1 Å². The Balaban J connectivity index is 1.56. The first kappa shape index (κ1) is 19.3. The summed E-state index contributed by atoms with van der Waals surface area (Å²) in [4.78, 5) is 12.2. The third-order valence-electron chi connectivity index (χ3n) is 4.22. The van der Waals surface area contributed by atoms with Crippen LogP contribution in [0.15, 0.2) is 65.6 Å². The van der Waals surface area contributed by atoms with Crippen LogP contribution in [0.2, 0.25) is 0 Å². The van der Waals surface area contributed by atoms with Gasteiger partial charge in [0.2, 0.25) is 15.9 Å². The van der Waals surface area contributed by atoms with Crippen molar-refractivity contribution in [2.75, 3.05) is 26.3 Å². The Morgan fingerprint density at radius 1 is 1.04 bits per heavy atom. The molecule has 0 bridgehead atoms. The first-order valence-electron chi connectivity index (χ1n) is 8.73. The minimum Gasteiger partial charge on any atom is -0.379 e. The van der Waals surface area contributed by atoms with E-state index in [1.807, 2.05) is 30.3 Å². The molecular weight excluding hydrogens is 364 g/mol. The predicted octanol–water partition coefficient (Wildman–Crippen LogP) is 2.04. The van der Waals surface area contributed by atoms with Crippen LogP contribution in [-0.4, -0.2) is 44.9 Å². The molecule has 1 saturated heterocycles. The summed E-state index contributed by atoms with van der Waals surface area (Å²) in [5, 5.41) is 2.79. The van der Waals surface area contributed by atoms with Gasteiger partial charge in [-0.3, -0.25) is 4.79 Å². The number of amides is 1. The van der Waals surface area contributed by atoms with Gasteiger partial charge in [-0.15, -0.1) is 0 Å². The molecule has 0 atom stereocenters. The van der Waals surface area contributed by atoms with Gasteiger partial charge in [-0.2, -0.15) is 4.31 Å². The number of nitrogens with one attached hydrogen (secondary N) is 1. The van der Waals surface area contributed by atoms with E-state index in [0.717, 1.165) is 11.1 Å². The van der Waals surface area contributed by atoms with Gasteiger partial charge in [-0.25, -0.2) is 8.42 Å². The topological polar surface area (TPSA) is 75.7 Å². The first-order valence-corrected chi connectivity index (χ1v) is 10.2. The third kappa shape index (κ3) is 5.26. The van der Waals surface area contributed by atoms with Gasteiger partial charge in [0.15, 0.2) is 0 Å². The fraction of sp³-hybridized carbons (Fsp3) is 0.250. The predicted molar refractivity (Wildman–Crippen MR) is 103 cm³/mol. The molecule has 6 nitrogen and oxygen atoms in total. The summed E-state index contributed by atoms with van der Waals surface area (Å²) in [6.45, 7) is 1.90. The molecule has 0 saturated carbocycles. The molecule has 0 radical (unpaired) electrons. The van der Waals surface area contributed by atoms with Crippen molar-refractivity contribution in [3.63, 3.8) is 0 Å². The normalized spacial score (nSPS) is 15.7. The van der Waals surface area contributed by atoms with Crippen molar-refractivity contribution in [3.05, 3.63) is 71.8 Å². The maximum atomic E-state index is 12.6. The molecule has 1 heterocycles. The summed E-state index contributed by atoms with van der Waals surface area (Å²) in [7, 11) is -3.49. The van der Waals surface area contributed by atoms with Gasteiger partial charge in [0, 0.05) is 25.7 Å². The SMILES string of the molecule is O=C(/C=C/c1ccccc1)NCc1ccc(S(=O)(=O)N2CCOCC2)cc1. The Kier molecular flexibility index (Phi) is 6.39. The van der Waals surface area contributed by atoms with Gasteiger partial charge in [0.1, 0.15) is 0 Å². The Bertz CT molecular complexity index is 887. The van der Waals surface area contributed by atoms with Crippen molar-refractivity contribution in [2.24, 2.45) is 0 Å². The van der Waals surface area contributed by atoms with Gasteiger partial charge in [-0.05, 0) is 29.3 Å². The largest absolute Gasteiger partial charge is 0.379 e. The second kappa shape index (κ2) is 8.94. The van der Waals surface area contributed by atoms with Crippen LogP contribution in [-0.2, 0) is 26.1 Å². The quantitative estimate of drug-likeness (QED) is 0.771. The van der Waals surface area contributed by atoms with Crippen molar-refractivity contribution in [3.8, 4) is 0 Å². The summed E-state index contributed by atoms with van der Waals surface area (Å²) in [5.41, 5.74) is 1.78. The molecule has 1 fully saturated rings. The van der Waals surface area contributed by atoms with Crippen molar-refractivity contribution in [1.82, 2.24) is 9.62 Å². The maximum absolute atomic E-state index is 12.6. The zero-order valence-corrected chi connectivity index (χ0v) is 15.7. The molecule has 0 aromatic heterocycles. The summed E-state index contributed by atoms with van der Waals surface area (Å²) < 4.78 is 31.8. The van der Waals surface area contributed by atoms with E-state index in [1.165, 1.54) is 10.4 Å². The smallest absolute Gasteiger partial charge is 0.244 e. The highest BCUT2D eigenvalue weighted by molar-refractivity contribution is 7.89. The number of rotatable bonds is 6. The summed E-state index contributed by atoms with van der Waals surface area (Å²) in [6.07, 6.45) is 3.22. The minimum absolute atomic E-state index is 0.205. The van der Waals surface area contributed by atoms with Crippen LogP contribution in [0.3, 0.4) is 0 Å². The van der Waals surface area contributed by atoms with Crippen molar-refractivity contribution >= 4 is 22.0 Å². The lowest BCUT2D eigenvalue weighted by Gasteiger charge is -2.26. The standard InChI is InChI=1S/C20H22N2O4S/c23-20(11-8-17-4-2-1-3-5-17)21-16-18-6-9-19(10-7-18)27(24,25)22-12-14-26-15-13-22/h1-11H,12-16H2,(H,21,23)/b11-8+. The lowest BCUT2D eigenvalue weighted by atomic mass is 10.2. The van der Waals surface area contributed by atoms with E-state index >= 15 is 0 Å². The molecule has 142 valence electrons. The van der Waals surface area contributed by atoms with E-state index in [1.54, 1.807) is 30.3 Å². The van der Waals surface area contributed by atoms with Crippen molar-refractivity contribution in [1.29, 1.82) is 0 Å². The molecule has 2 aromatic carbocycles. The number of nitrogens with zero attached hydrogens (tertiary/aromatic N) is 1. The van der Waals surface area contributed by atoms with E-state index in [2.05, 4.69) is 5.32 Å². The van der Waals surface area contributed by atoms with Gasteiger partial charge in [-0.1, -0.05) is 42.5 Å². The summed E-state index contributed by atoms with van der Waals surface area (Å²) >= 11 is 0. The monoisotopic (exact) mass is 386 g/mol. The van der Waals surface area contributed by atoms with E-state index in [0.29, 0.717) is 32.8 Å². The fourth-order valence-corrected chi connectivity index (χ4v) is 4.11. The van der Waals surface area contributed by atoms with Gasteiger partial charge in [0.05, 0.1) is 18.1 Å². The molecular formula is C20H22N2O4S. The number of hydrogen-bond acceptors (Lipinski definition) is 4. The zero-order chi connectivity index (χ0) is 19.1. The lowest BCUT2D eigenvalue weighted by Crippen LogP contribution is -2.40. The molecule has 0 aliphatic carbocycles. The fourth-order valence-electron chi connectivity index (χ4n) is 2.70. The van der Waals surface area contributed by atoms with Gasteiger partial charge in [0.25, 0.3) is 0 Å². The van der Waals surface area contributed by atoms with Crippen LogP contribution in [0.1, 0.15) is 11.1 Å². The average Bonchev–Trinajstić information content (AvgIpc) is 2.72. The van der Waals surface area contributed by atoms with E-state index in [-0.39, 0.29) is 10.8 Å². The molecule has 0 spiro atoms. The maximum Gasteiger partial charge on any atom is 0.244 e. The van der Waals surface area contributed by atoms with Crippen LogP contribution < -0.4 is 5.32 Å². The van der Waals surface area contributed by atoms with Crippen LogP contribution in [0.25, 0.3) is 6.08 Å². The molecule has 1 aliphatic heterocycles. The summed E-state index contributed by atoms with van der Waals surface area (Å²) in [6, 6.07) is 16.1. The Morgan fingerprint density at radius 2 is 1.70 bits per heavy atom. The van der Waals surface area contributed by atoms with E-state index in [4.69, 9.17) is 4.74 Å². The summed E-state index contributed by atoms with van der Waals surface area (Å²) in [5.74, 6) is -0.205. The zero-order valence-electron chi connectivity index (χ0n) is 14.9. The van der Waals surface area contributed by atoms with Crippen molar-refractivity contribution in [2.45, 2.75) is 11.4 Å². The molecule has 27 heavy (non-hydrogen) atoms. The average molecular weight is 386 g/mol. The number of benzene rings is 2. The molecule has 7 heteroatoms.